The van der Waals surface area contributed by atoms with Gasteiger partial charge in [-0.15, -0.1) is 0 Å². The van der Waals surface area contributed by atoms with Gasteiger partial charge in [0.05, 0.1) is 0 Å². The lowest BCUT2D eigenvalue weighted by Gasteiger charge is -2.36. The van der Waals surface area contributed by atoms with Crippen LogP contribution in [-0.2, 0) is 17.3 Å². The van der Waals surface area contributed by atoms with Gasteiger partial charge in [0.2, 0.25) is 5.95 Å². The Balaban J connectivity index is 1.62. The van der Waals surface area contributed by atoms with E-state index in [1.807, 2.05) is 0 Å². The second-order valence-corrected chi connectivity index (χ2v) is 8.64. The zero-order valence-electron chi connectivity index (χ0n) is 13.8. The van der Waals surface area contributed by atoms with E-state index < -0.39 is 10.2 Å². The second kappa shape index (κ2) is 6.37. The maximum Gasteiger partial charge on any atom is 0.281 e. The molecular formula is C14H26N6O2S. The smallest absolute Gasteiger partial charge is 0.281 e. The summed E-state index contributed by atoms with van der Waals surface area (Å²) in [6.45, 7) is 4.51. The molecule has 23 heavy (non-hydrogen) atoms. The predicted molar refractivity (Wildman–Crippen MR) is 87.9 cm³/mol. The highest BCUT2D eigenvalue weighted by atomic mass is 32.2. The van der Waals surface area contributed by atoms with Crippen LogP contribution in [0.4, 0.5) is 5.95 Å². The average Bonchev–Trinajstić information content (AvgIpc) is 2.87. The highest BCUT2D eigenvalue weighted by molar-refractivity contribution is 7.86. The second-order valence-electron chi connectivity index (χ2n) is 6.71. The maximum absolute atomic E-state index is 12.7. The monoisotopic (exact) mass is 342 g/mol. The Morgan fingerprint density at radius 2 is 1.57 bits per heavy atom. The topological polar surface area (TPSA) is 97.4 Å². The summed E-state index contributed by atoms with van der Waals surface area (Å²) in [7, 11) is -1.55. The molecule has 0 spiro atoms. The fourth-order valence-corrected chi connectivity index (χ4v) is 4.98. The van der Waals surface area contributed by atoms with E-state index in [0.717, 1.165) is 31.5 Å². The summed E-state index contributed by atoms with van der Waals surface area (Å²) < 4.78 is 30.3. The molecule has 0 saturated carbocycles. The number of anilines is 1. The third-order valence-electron chi connectivity index (χ3n) is 5.03. The van der Waals surface area contributed by atoms with Crippen LogP contribution >= 0.6 is 0 Å². The molecule has 0 atom stereocenters. The molecule has 0 amide bonds. The summed E-state index contributed by atoms with van der Waals surface area (Å²) in [6, 6.07) is 0. The molecule has 0 bridgehead atoms. The van der Waals surface area contributed by atoms with E-state index in [-0.39, 0.29) is 5.92 Å². The highest BCUT2D eigenvalue weighted by Crippen LogP contribution is 2.29. The zero-order valence-corrected chi connectivity index (χ0v) is 14.7. The first-order valence-corrected chi connectivity index (χ1v) is 9.69. The fraction of sp³-hybridized carbons (Fsp3) is 0.857. The molecule has 2 saturated heterocycles. The van der Waals surface area contributed by atoms with E-state index in [0.29, 0.717) is 38.0 Å². The van der Waals surface area contributed by atoms with Gasteiger partial charge in [0.1, 0.15) is 0 Å². The summed E-state index contributed by atoms with van der Waals surface area (Å²) in [5.41, 5.74) is 5.73. The standard InChI is InChI=1S/C14H26N6O2S/c1-11-3-7-19(8-4-11)23(21,22)20-9-5-12(6-10-20)13-16-14(15)18(2)17-13/h11-12H,3-10H2,1-2H3,(H2,15,16,17). The van der Waals surface area contributed by atoms with E-state index in [2.05, 4.69) is 17.0 Å². The van der Waals surface area contributed by atoms with Crippen LogP contribution in [0.25, 0.3) is 0 Å². The Morgan fingerprint density at radius 1 is 1.04 bits per heavy atom. The minimum Gasteiger partial charge on any atom is -0.368 e. The van der Waals surface area contributed by atoms with Gasteiger partial charge < -0.3 is 5.73 Å². The summed E-state index contributed by atoms with van der Waals surface area (Å²) in [5.74, 6) is 1.94. The summed E-state index contributed by atoms with van der Waals surface area (Å²) >= 11 is 0. The van der Waals surface area contributed by atoms with Gasteiger partial charge in [-0.25, -0.2) is 4.68 Å². The first-order chi connectivity index (χ1) is 10.9. The van der Waals surface area contributed by atoms with Crippen molar-refractivity contribution in [3.8, 4) is 0 Å². The number of piperidine rings is 2. The Bertz CT molecular complexity index is 623. The minimum absolute atomic E-state index is 0.186. The molecular weight excluding hydrogens is 316 g/mol. The molecule has 0 radical (unpaired) electrons. The van der Waals surface area contributed by atoms with E-state index in [4.69, 9.17) is 5.73 Å². The first kappa shape index (κ1) is 16.7. The van der Waals surface area contributed by atoms with E-state index in [1.165, 1.54) is 0 Å². The molecule has 8 nitrogen and oxygen atoms in total. The van der Waals surface area contributed by atoms with Gasteiger partial charge in [-0.3, -0.25) is 0 Å². The van der Waals surface area contributed by atoms with Crippen molar-refractivity contribution >= 4 is 16.2 Å². The van der Waals surface area contributed by atoms with E-state index >= 15 is 0 Å². The number of hydrogen-bond donors (Lipinski definition) is 1. The molecule has 3 heterocycles. The zero-order chi connectivity index (χ0) is 16.6. The van der Waals surface area contributed by atoms with Gasteiger partial charge in [-0.1, -0.05) is 6.92 Å². The molecule has 3 rings (SSSR count). The van der Waals surface area contributed by atoms with Gasteiger partial charge in [-0.2, -0.15) is 27.1 Å². The lowest BCUT2D eigenvalue weighted by atomic mass is 9.98. The van der Waals surface area contributed by atoms with E-state index in [9.17, 15) is 8.42 Å². The van der Waals surface area contributed by atoms with Crippen molar-refractivity contribution in [1.82, 2.24) is 23.4 Å². The van der Waals surface area contributed by atoms with Crippen LogP contribution in [0.3, 0.4) is 0 Å². The molecule has 9 heteroatoms. The highest BCUT2D eigenvalue weighted by Gasteiger charge is 2.35. The Morgan fingerprint density at radius 3 is 2.04 bits per heavy atom. The predicted octanol–water partition coefficient (Wildman–Crippen LogP) is 0.553. The van der Waals surface area contributed by atoms with Gasteiger partial charge in [0.25, 0.3) is 10.2 Å². The Labute approximate surface area is 137 Å². The van der Waals surface area contributed by atoms with Gasteiger partial charge in [-0.05, 0) is 31.6 Å². The van der Waals surface area contributed by atoms with Crippen LogP contribution in [0.15, 0.2) is 0 Å². The third kappa shape index (κ3) is 3.36. The summed E-state index contributed by atoms with van der Waals surface area (Å²) in [4.78, 5) is 4.27. The van der Waals surface area contributed by atoms with Crippen molar-refractivity contribution in [1.29, 1.82) is 0 Å². The van der Waals surface area contributed by atoms with Crippen LogP contribution in [0.2, 0.25) is 0 Å². The molecule has 0 aromatic carbocycles. The molecule has 2 fully saturated rings. The van der Waals surface area contributed by atoms with Crippen LogP contribution in [0, 0.1) is 5.92 Å². The number of aryl methyl sites for hydroxylation is 1. The number of nitrogens with two attached hydrogens (primary N) is 1. The molecule has 1 aromatic rings. The third-order valence-corrected chi connectivity index (χ3v) is 7.06. The fourth-order valence-electron chi connectivity index (χ4n) is 3.31. The van der Waals surface area contributed by atoms with Crippen LogP contribution in [-0.4, -0.2) is 58.0 Å². The molecule has 2 aliphatic heterocycles. The largest absolute Gasteiger partial charge is 0.368 e. The Kier molecular flexibility index (Phi) is 4.61. The van der Waals surface area contributed by atoms with E-state index in [1.54, 1.807) is 20.3 Å². The van der Waals surface area contributed by atoms with Gasteiger partial charge in [0, 0.05) is 39.1 Å². The van der Waals surface area contributed by atoms with Crippen LogP contribution in [0.5, 0.6) is 0 Å². The van der Waals surface area contributed by atoms with Crippen molar-refractivity contribution in [2.45, 2.75) is 38.5 Å². The lowest BCUT2D eigenvalue weighted by Crippen LogP contribution is -2.49. The number of aromatic nitrogens is 3. The van der Waals surface area contributed by atoms with Gasteiger partial charge in [0.15, 0.2) is 5.82 Å². The van der Waals surface area contributed by atoms with Crippen molar-refractivity contribution in [2.24, 2.45) is 13.0 Å². The van der Waals surface area contributed by atoms with Crippen LogP contribution < -0.4 is 5.73 Å². The number of nitrogen functional groups attached to an aromatic ring is 1. The Hall–Kier alpha value is -1.19. The molecule has 2 aliphatic rings. The van der Waals surface area contributed by atoms with Crippen molar-refractivity contribution in [3.05, 3.63) is 5.82 Å². The van der Waals surface area contributed by atoms with Crippen molar-refractivity contribution in [2.75, 3.05) is 31.9 Å². The van der Waals surface area contributed by atoms with Crippen molar-refractivity contribution < 1.29 is 8.42 Å². The number of rotatable bonds is 3. The lowest BCUT2D eigenvalue weighted by molar-refractivity contribution is 0.245. The average molecular weight is 342 g/mol. The van der Waals surface area contributed by atoms with Gasteiger partial charge >= 0.3 is 0 Å². The quantitative estimate of drug-likeness (QED) is 0.865. The molecule has 0 aliphatic carbocycles. The normalized spacial score (nSPS) is 23.4. The molecule has 2 N–H and O–H groups in total. The maximum atomic E-state index is 12.7. The van der Waals surface area contributed by atoms with Crippen molar-refractivity contribution in [3.63, 3.8) is 0 Å². The number of nitrogens with zero attached hydrogens (tertiary/aromatic N) is 5. The summed E-state index contributed by atoms with van der Waals surface area (Å²) in [6.07, 6.45) is 3.39. The molecule has 1 aromatic heterocycles. The number of hydrogen-bond acceptors (Lipinski definition) is 5. The SMILES string of the molecule is CC1CCN(S(=O)(=O)N2CCC(c3nc(N)n(C)n3)CC2)CC1. The minimum atomic E-state index is -3.32. The first-order valence-electron chi connectivity index (χ1n) is 8.29. The summed E-state index contributed by atoms with van der Waals surface area (Å²) in [5, 5.41) is 4.32. The molecule has 0 unspecified atom stereocenters. The van der Waals surface area contributed by atoms with Crippen LogP contribution in [0.1, 0.15) is 44.3 Å². The molecule has 130 valence electrons.